The molecule has 0 radical (unpaired) electrons. The number of aromatic nitrogens is 4. The van der Waals surface area contributed by atoms with Crippen molar-refractivity contribution < 1.29 is 4.74 Å². The number of aromatic amines is 1. The number of hydrogen-bond acceptors (Lipinski definition) is 4. The second-order valence-electron chi connectivity index (χ2n) is 9.66. The first kappa shape index (κ1) is 22.7. The summed E-state index contributed by atoms with van der Waals surface area (Å²) in [5, 5.41) is 15.3. The van der Waals surface area contributed by atoms with E-state index in [2.05, 4.69) is 33.6 Å². The number of tetrazole rings is 1. The van der Waals surface area contributed by atoms with Crippen LogP contribution >= 0.6 is 23.2 Å². The molecule has 0 amide bonds. The Balaban J connectivity index is 1.34. The molecule has 1 atom stereocenters. The SMILES string of the molecule is CCCCC1(C2CCCC2)Cc2cc(OCc3ccc(-c4nn[nH]n4)cc3)c(Cl)c(Cl)c2C1. The van der Waals surface area contributed by atoms with Gasteiger partial charge >= 0.3 is 0 Å². The van der Waals surface area contributed by atoms with E-state index in [0.717, 1.165) is 29.9 Å². The maximum absolute atomic E-state index is 6.84. The first-order valence-corrected chi connectivity index (χ1v) is 12.8. The molecule has 0 aliphatic heterocycles. The summed E-state index contributed by atoms with van der Waals surface area (Å²) >= 11 is 13.5. The second kappa shape index (κ2) is 9.63. The zero-order chi connectivity index (χ0) is 22.8. The summed E-state index contributed by atoms with van der Waals surface area (Å²) in [5.41, 5.74) is 4.86. The first-order valence-electron chi connectivity index (χ1n) is 12.0. The third-order valence-electron chi connectivity index (χ3n) is 7.64. The van der Waals surface area contributed by atoms with Crippen molar-refractivity contribution in [2.24, 2.45) is 11.3 Å². The highest BCUT2D eigenvalue weighted by Crippen LogP contribution is 2.55. The van der Waals surface area contributed by atoms with Crippen LogP contribution in [0.15, 0.2) is 30.3 Å². The molecule has 1 aromatic heterocycles. The maximum atomic E-state index is 6.84. The van der Waals surface area contributed by atoms with Gasteiger partial charge in [-0.15, -0.1) is 10.2 Å². The summed E-state index contributed by atoms with van der Waals surface area (Å²) in [6, 6.07) is 10.1. The summed E-state index contributed by atoms with van der Waals surface area (Å²) < 4.78 is 6.17. The van der Waals surface area contributed by atoms with Gasteiger partial charge < -0.3 is 4.74 Å². The van der Waals surface area contributed by atoms with E-state index >= 15 is 0 Å². The molecule has 1 heterocycles. The van der Waals surface area contributed by atoms with Crippen LogP contribution in [0.2, 0.25) is 10.0 Å². The molecule has 2 aromatic carbocycles. The average molecular weight is 485 g/mol. The Morgan fingerprint density at radius 3 is 2.58 bits per heavy atom. The molecule has 5 nitrogen and oxygen atoms in total. The lowest BCUT2D eigenvalue weighted by Crippen LogP contribution is -2.30. The van der Waals surface area contributed by atoms with Crippen LogP contribution in [0, 0.1) is 11.3 Å². The lowest BCUT2D eigenvalue weighted by molar-refractivity contribution is 0.154. The molecule has 0 bridgehead atoms. The fourth-order valence-electron chi connectivity index (χ4n) is 5.87. The summed E-state index contributed by atoms with van der Waals surface area (Å²) in [5.74, 6) is 2.05. The Kier molecular flexibility index (Phi) is 6.62. The number of hydrogen-bond donors (Lipinski definition) is 1. The van der Waals surface area contributed by atoms with Crippen molar-refractivity contribution >= 4 is 23.2 Å². The van der Waals surface area contributed by atoms with E-state index in [9.17, 15) is 0 Å². The molecule has 1 fully saturated rings. The molecule has 174 valence electrons. The minimum Gasteiger partial charge on any atom is -0.487 e. The van der Waals surface area contributed by atoms with Crippen molar-refractivity contribution in [2.45, 2.75) is 71.3 Å². The van der Waals surface area contributed by atoms with Gasteiger partial charge in [-0.3, -0.25) is 0 Å². The van der Waals surface area contributed by atoms with Gasteiger partial charge in [0, 0.05) is 5.56 Å². The van der Waals surface area contributed by atoms with Gasteiger partial charge in [0.2, 0.25) is 5.82 Å². The lowest BCUT2D eigenvalue weighted by Gasteiger charge is -2.36. The van der Waals surface area contributed by atoms with Crippen LogP contribution in [0.4, 0.5) is 0 Å². The van der Waals surface area contributed by atoms with Gasteiger partial charge in [0.1, 0.15) is 17.4 Å². The molecule has 5 rings (SSSR count). The smallest absolute Gasteiger partial charge is 0.204 e. The summed E-state index contributed by atoms with van der Waals surface area (Å²) in [6.45, 7) is 2.71. The Labute approximate surface area is 205 Å². The number of halogens is 2. The molecule has 1 unspecified atom stereocenters. The van der Waals surface area contributed by atoms with Gasteiger partial charge in [-0.1, -0.05) is 80.1 Å². The summed E-state index contributed by atoms with van der Waals surface area (Å²) in [7, 11) is 0. The van der Waals surface area contributed by atoms with Crippen LogP contribution in [0.1, 0.15) is 68.6 Å². The minimum atomic E-state index is 0.339. The van der Waals surface area contributed by atoms with E-state index in [1.54, 1.807) is 0 Å². The molecule has 1 saturated carbocycles. The standard InChI is InChI=1S/C26H30Cl2N4O/c1-2-3-12-26(20-6-4-5-7-20)14-19-13-22(24(28)23(27)21(19)15-26)33-16-17-8-10-18(11-9-17)25-29-31-32-30-25/h8-11,13,20H,2-7,12,14-16H2,1H3,(H,29,30,31,32). The van der Waals surface area contributed by atoms with Gasteiger partial charge in [-0.2, -0.15) is 5.21 Å². The average Bonchev–Trinajstić information content (AvgIpc) is 3.61. The molecule has 7 heteroatoms. The highest BCUT2D eigenvalue weighted by Gasteiger charge is 2.45. The van der Waals surface area contributed by atoms with Gasteiger partial charge in [0.25, 0.3) is 0 Å². The van der Waals surface area contributed by atoms with Crippen molar-refractivity contribution in [1.82, 2.24) is 20.6 Å². The lowest BCUT2D eigenvalue weighted by atomic mass is 9.69. The van der Waals surface area contributed by atoms with E-state index in [1.165, 1.54) is 56.1 Å². The normalized spacial score (nSPS) is 20.3. The van der Waals surface area contributed by atoms with Crippen LogP contribution < -0.4 is 4.74 Å². The van der Waals surface area contributed by atoms with Crippen molar-refractivity contribution in [3.63, 3.8) is 0 Å². The highest BCUT2D eigenvalue weighted by molar-refractivity contribution is 6.43. The monoisotopic (exact) mass is 484 g/mol. The summed E-state index contributed by atoms with van der Waals surface area (Å²) in [6.07, 6.45) is 11.4. The minimum absolute atomic E-state index is 0.339. The zero-order valence-electron chi connectivity index (χ0n) is 19.0. The van der Waals surface area contributed by atoms with Crippen LogP contribution in [-0.2, 0) is 19.4 Å². The number of ether oxygens (including phenoxy) is 1. The maximum Gasteiger partial charge on any atom is 0.204 e. The van der Waals surface area contributed by atoms with Crippen molar-refractivity contribution in [2.75, 3.05) is 0 Å². The van der Waals surface area contributed by atoms with Gasteiger partial charge in [-0.05, 0) is 71.4 Å². The topological polar surface area (TPSA) is 63.7 Å². The highest BCUT2D eigenvalue weighted by atomic mass is 35.5. The number of unbranched alkanes of at least 4 members (excludes halogenated alkanes) is 1. The first-order chi connectivity index (χ1) is 16.1. The predicted octanol–water partition coefficient (Wildman–Crippen LogP) is 7.22. The van der Waals surface area contributed by atoms with Crippen LogP contribution in [0.5, 0.6) is 5.75 Å². The number of fused-ring (bicyclic) bond motifs is 1. The molecule has 0 spiro atoms. The molecule has 2 aliphatic carbocycles. The predicted molar refractivity (Wildman–Crippen MR) is 132 cm³/mol. The number of H-pyrrole nitrogens is 1. The molecular weight excluding hydrogens is 455 g/mol. The van der Waals surface area contributed by atoms with E-state index in [1.807, 2.05) is 24.3 Å². The van der Waals surface area contributed by atoms with Gasteiger partial charge in [0.05, 0.1) is 5.02 Å². The summed E-state index contributed by atoms with van der Waals surface area (Å²) in [4.78, 5) is 0. The Morgan fingerprint density at radius 1 is 1.09 bits per heavy atom. The van der Waals surface area contributed by atoms with E-state index in [4.69, 9.17) is 27.9 Å². The molecule has 3 aromatic rings. The Morgan fingerprint density at radius 2 is 1.88 bits per heavy atom. The molecule has 0 saturated heterocycles. The number of nitrogens with one attached hydrogen (secondary N) is 1. The zero-order valence-corrected chi connectivity index (χ0v) is 20.6. The van der Waals surface area contributed by atoms with Gasteiger partial charge in [-0.25, -0.2) is 0 Å². The van der Waals surface area contributed by atoms with Crippen molar-refractivity contribution in [3.05, 3.63) is 57.1 Å². The van der Waals surface area contributed by atoms with E-state index < -0.39 is 0 Å². The Hall–Kier alpha value is -2.11. The Bertz CT molecular complexity index is 1090. The number of rotatable bonds is 8. The fraction of sp³-hybridized carbons (Fsp3) is 0.500. The van der Waals surface area contributed by atoms with Crippen LogP contribution in [0.25, 0.3) is 11.4 Å². The van der Waals surface area contributed by atoms with Crippen LogP contribution in [0.3, 0.4) is 0 Å². The van der Waals surface area contributed by atoms with Gasteiger partial charge in [0.15, 0.2) is 0 Å². The van der Waals surface area contributed by atoms with Crippen molar-refractivity contribution in [3.8, 4) is 17.1 Å². The van der Waals surface area contributed by atoms with E-state index in [0.29, 0.717) is 33.6 Å². The number of nitrogens with zero attached hydrogens (tertiary/aromatic N) is 3. The molecule has 2 aliphatic rings. The number of benzene rings is 2. The van der Waals surface area contributed by atoms with Crippen LogP contribution in [-0.4, -0.2) is 20.6 Å². The molecule has 1 N–H and O–H groups in total. The second-order valence-corrected chi connectivity index (χ2v) is 10.4. The third-order valence-corrected chi connectivity index (χ3v) is 8.53. The fourth-order valence-corrected chi connectivity index (χ4v) is 6.37. The van der Waals surface area contributed by atoms with E-state index in [-0.39, 0.29) is 0 Å². The molecule has 33 heavy (non-hydrogen) atoms. The third kappa shape index (κ3) is 4.50. The molecular formula is C26H30Cl2N4O. The largest absolute Gasteiger partial charge is 0.487 e. The quantitative estimate of drug-likeness (QED) is 0.366. The van der Waals surface area contributed by atoms with Crippen molar-refractivity contribution in [1.29, 1.82) is 0 Å².